The van der Waals surface area contributed by atoms with E-state index in [1.807, 2.05) is 6.20 Å². The lowest BCUT2D eigenvalue weighted by molar-refractivity contribution is 0.697. The molecule has 0 aliphatic heterocycles. The average Bonchev–Trinajstić information content (AvgIpc) is 3.24. The molecule has 0 bridgehead atoms. The molecular formula is C13H16N4. The van der Waals surface area contributed by atoms with Crippen molar-refractivity contribution in [1.82, 2.24) is 14.5 Å². The molecule has 0 atom stereocenters. The maximum atomic E-state index is 5.66. The maximum absolute atomic E-state index is 5.66. The first-order valence-corrected chi connectivity index (χ1v) is 6.43. The van der Waals surface area contributed by atoms with Crippen LogP contribution in [0.1, 0.15) is 49.0 Å². The fourth-order valence-corrected chi connectivity index (χ4v) is 2.48. The van der Waals surface area contributed by atoms with E-state index >= 15 is 0 Å². The van der Waals surface area contributed by atoms with E-state index in [0.29, 0.717) is 18.5 Å². The van der Waals surface area contributed by atoms with Crippen LogP contribution in [0.5, 0.6) is 0 Å². The molecule has 4 heteroatoms. The minimum Gasteiger partial charge on any atom is -0.326 e. The van der Waals surface area contributed by atoms with Crippen LogP contribution in [0.25, 0.3) is 11.2 Å². The van der Waals surface area contributed by atoms with E-state index < -0.39 is 0 Å². The highest BCUT2D eigenvalue weighted by Crippen LogP contribution is 2.46. The van der Waals surface area contributed by atoms with Crippen LogP contribution < -0.4 is 5.73 Å². The first-order chi connectivity index (χ1) is 8.36. The van der Waals surface area contributed by atoms with Gasteiger partial charge in [0.05, 0.1) is 0 Å². The number of imidazole rings is 1. The predicted molar refractivity (Wildman–Crippen MR) is 65.7 cm³/mol. The van der Waals surface area contributed by atoms with Gasteiger partial charge in [-0.3, -0.25) is 0 Å². The van der Waals surface area contributed by atoms with Gasteiger partial charge < -0.3 is 10.3 Å². The molecule has 4 nitrogen and oxygen atoms in total. The first kappa shape index (κ1) is 9.59. The third-order valence-electron chi connectivity index (χ3n) is 3.70. The number of fused-ring (bicyclic) bond motifs is 1. The molecule has 2 aromatic heterocycles. The number of rotatable bonds is 3. The predicted octanol–water partition coefficient (Wildman–Crippen LogP) is 2.10. The summed E-state index contributed by atoms with van der Waals surface area (Å²) in [5.41, 5.74) is 8.82. The van der Waals surface area contributed by atoms with Crippen molar-refractivity contribution in [3.05, 3.63) is 23.7 Å². The number of hydrogen-bond donors (Lipinski definition) is 1. The van der Waals surface area contributed by atoms with E-state index in [2.05, 4.69) is 15.6 Å². The van der Waals surface area contributed by atoms with Crippen molar-refractivity contribution in [2.24, 2.45) is 5.73 Å². The molecule has 0 amide bonds. The third-order valence-corrected chi connectivity index (χ3v) is 3.70. The third kappa shape index (κ3) is 1.47. The van der Waals surface area contributed by atoms with Crippen LogP contribution >= 0.6 is 0 Å². The summed E-state index contributed by atoms with van der Waals surface area (Å²) in [5.74, 6) is 1.95. The van der Waals surface area contributed by atoms with Crippen LogP contribution in [0.3, 0.4) is 0 Å². The SMILES string of the molecule is NCc1cnc2c(c1)nc(C1CC1)n2C1CC1. The highest BCUT2D eigenvalue weighted by molar-refractivity contribution is 5.73. The molecule has 2 fully saturated rings. The summed E-state index contributed by atoms with van der Waals surface area (Å²) in [6, 6.07) is 2.75. The zero-order valence-corrected chi connectivity index (χ0v) is 9.76. The van der Waals surface area contributed by atoms with Gasteiger partial charge in [0, 0.05) is 24.7 Å². The molecule has 0 spiro atoms. The van der Waals surface area contributed by atoms with Crippen molar-refractivity contribution < 1.29 is 0 Å². The number of aromatic nitrogens is 3. The minimum atomic E-state index is 0.540. The van der Waals surface area contributed by atoms with Crippen LogP contribution in [0.15, 0.2) is 12.3 Å². The highest BCUT2D eigenvalue weighted by atomic mass is 15.2. The van der Waals surface area contributed by atoms with Crippen LogP contribution in [0.2, 0.25) is 0 Å². The second kappa shape index (κ2) is 3.29. The quantitative estimate of drug-likeness (QED) is 0.875. The molecule has 2 saturated carbocycles. The number of pyridine rings is 1. The molecule has 0 radical (unpaired) electrons. The van der Waals surface area contributed by atoms with Gasteiger partial charge in [-0.1, -0.05) is 0 Å². The molecular weight excluding hydrogens is 212 g/mol. The summed E-state index contributed by atoms with van der Waals surface area (Å²) < 4.78 is 2.38. The summed E-state index contributed by atoms with van der Waals surface area (Å²) in [6.45, 7) is 0.540. The molecule has 2 aliphatic rings. The van der Waals surface area contributed by atoms with Crippen molar-refractivity contribution in [1.29, 1.82) is 0 Å². The molecule has 2 heterocycles. The topological polar surface area (TPSA) is 56.7 Å². The lowest BCUT2D eigenvalue weighted by atomic mass is 10.3. The Hall–Kier alpha value is -1.42. The Bertz CT molecular complexity index is 578. The second-order valence-electron chi connectivity index (χ2n) is 5.24. The summed E-state index contributed by atoms with van der Waals surface area (Å²) in [7, 11) is 0. The Morgan fingerprint density at radius 3 is 2.76 bits per heavy atom. The molecule has 2 N–H and O–H groups in total. The molecule has 2 aliphatic carbocycles. The number of nitrogens with zero attached hydrogens (tertiary/aromatic N) is 3. The van der Waals surface area contributed by atoms with Crippen LogP contribution in [-0.2, 0) is 6.54 Å². The Morgan fingerprint density at radius 2 is 2.12 bits per heavy atom. The van der Waals surface area contributed by atoms with Gasteiger partial charge in [-0.25, -0.2) is 9.97 Å². The second-order valence-corrected chi connectivity index (χ2v) is 5.24. The van der Waals surface area contributed by atoms with Crippen molar-refractivity contribution in [2.75, 3.05) is 0 Å². The van der Waals surface area contributed by atoms with Crippen molar-refractivity contribution in [3.63, 3.8) is 0 Å². The van der Waals surface area contributed by atoms with Crippen molar-refractivity contribution >= 4 is 11.2 Å². The Labute approximate surface area is 99.9 Å². The number of nitrogens with two attached hydrogens (primary N) is 1. The van der Waals surface area contributed by atoms with Gasteiger partial charge in [-0.15, -0.1) is 0 Å². The summed E-state index contributed by atoms with van der Waals surface area (Å²) in [6.07, 6.45) is 7.04. The van der Waals surface area contributed by atoms with Gasteiger partial charge in [-0.2, -0.15) is 0 Å². The largest absolute Gasteiger partial charge is 0.326 e. The van der Waals surface area contributed by atoms with E-state index in [1.54, 1.807) is 0 Å². The van der Waals surface area contributed by atoms with Crippen LogP contribution in [0.4, 0.5) is 0 Å². The maximum Gasteiger partial charge on any atom is 0.160 e. The average molecular weight is 228 g/mol. The smallest absolute Gasteiger partial charge is 0.160 e. The fourth-order valence-electron chi connectivity index (χ4n) is 2.48. The van der Waals surface area contributed by atoms with Crippen LogP contribution in [0, 0.1) is 0 Å². The molecule has 4 rings (SSSR count). The van der Waals surface area contributed by atoms with E-state index in [9.17, 15) is 0 Å². The molecule has 17 heavy (non-hydrogen) atoms. The number of hydrogen-bond acceptors (Lipinski definition) is 3. The van der Waals surface area contributed by atoms with Gasteiger partial charge in [0.2, 0.25) is 0 Å². The lowest BCUT2D eigenvalue weighted by Gasteiger charge is -2.05. The zero-order chi connectivity index (χ0) is 11.4. The monoisotopic (exact) mass is 228 g/mol. The standard InChI is InChI=1S/C13H16N4/c14-6-8-5-11-13(15-7-8)17(10-3-4-10)12(16-11)9-1-2-9/h5,7,9-10H,1-4,6,14H2. The highest BCUT2D eigenvalue weighted by Gasteiger charge is 2.35. The summed E-state index contributed by atoms with van der Waals surface area (Å²) >= 11 is 0. The van der Waals surface area contributed by atoms with Crippen molar-refractivity contribution in [2.45, 2.75) is 44.2 Å². The van der Waals surface area contributed by atoms with E-state index in [-0.39, 0.29) is 0 Å². The lowest BCUT2D eigenvalue weighted by Crippen LogP contribution is -2.01. The fraction of sp³-hybridized carbons (Fsp3) is 0.538. The van der Waals surface area contributed by atoms with Gasteiger partial charge in [-0.05, 0) is 37.3 Å². The molecule has 0 aromatic carbocycles. The van der Waals surface area contributed by atoms with Crippen LogP contribution in [-0.4, -0.2) is 14.5 Å². The molecule has 0 unspecified atom stereocenters. The first-order valence-electron chi connectivity index (χ1n) is 6.43. The normalized spacial score (nSPS) is 20.1. The minimum absolute atomic E-state index is 0.540. The van der Waals surface area contributed by atoms with Gasteiger partial charge in [0.25, 0.3) is 0 Å². The Balaban J connectivity index is 1.94. The molecule has 88 valence electrons. The van der Waals surface area contributed by atoms with E-state index in [0.717, 1.165) is 16.7 Å². The van der Waals surface area contributed by atoms with Gasteiger partial charge in [0.15, 0.2) is 5.65 Å². The molecule has 0 saturated heterocycles. The Morgan fingerprint density at radius 1 is 1.29 bits per heavy atom. The molecule has 2 aromatic rings. The summed E-state index contributed by atoms with van der Waals surface area (Å²) in [5, 5.41) is 0. The zero-order valence-electron chi connectivity index (χ0n) is 9.76. The van der Waals surface area contributed by atoms with Crippen molar-refractivity contribution in [3.8, 4) is 0 Å². The summed E-state index contributed by atoms with van der Waals surface area (Å²) in [4.78, 5) is 9.35. The Kier molecular flexibility index (Phi) is 1.86. The van der Waals surface area contributed by atoms with Gasteiger partial charge in [0.1, 0.15) is 11.3 Å². The van der Waals surface area contributed by atoms with E-state index in [1.165, 1.54) is 31.5 Å². The van der Waals surface area contributed by atoms with E-state index in [4.69, 9.17) is 10.7 Å². The van der Waals surface area contributed by atoms with Gasteiger partial charge >= 0.3 is 0 Å².